The third-order valence-electron chi connectivity index (χ3n) is 4.85. The van der Waals surface area contributed by atoms with Crippen molar-refractivity contribution in [1.82, 2.24) is 4.90 Å². The molecule has 30 heavy (non-hydrogen) atoms. The van der Waals surface area contributed by atoms with Crippen molar-refractivity contribution in [2.24, 2.45) is 0 Å². The standard InChI is InChI=1S/C21H22N2O4S3/c1-15-2-7-19(29-15)16-3-5-17(6-4-16)30(25,26)22-18-8-13-28-20(18)14-21(24)23-9-11-27-12-10-23/h2-8,13,22H,9-12,14H2,1H3. The molecule has 0 radical (unpaired) electrons. The first-order chi connectivity index (χ1) is 14.4. The molecule has 3 heterocycles. The second-order valence-corrected chi connectivity index (χ2v) is 10.9. The molecule has 1 amide bonds. The number of ether oxygens (including phenoxy) is 1. The van der Waals surface area contributed by atoms with E-state index >= 15 is 0 Å². The van der Waals surface area contributed by atoms with Crippen LogP contribution in [0.3, 0.4) is 0 Å². The molecule has 1 aliphatic heterocycles. The van der Waals surface area contributed by atoms with Gasteiger partial charge in [0.05, 0.1) is 30.2 Å². The zero-order chi connectivity index (χ0) is 21.1. The SMILES string of the molecule is Cc1ccc(-c2ccc(S(=O)(=O)Nc3ccsc3CC(=O)N3CCOCC3)cc2)s1. The number of carbonyl (C=O) groups excluding carboxylic acids is 1. The molecule has 9 heteroatoms. The van der Waals surface area contributed by atoms with Gasteiger partial charge in [0.15, 0.2) is 0 Å². The molecule has 1 aliphatic rings. The van der Waals surface area contributed by atoms with Crippen molar-refractivity contribution in [1.29, 1.82) is 0 Å². The van der Waals surface area contributed by atoms with Crippen molar-refractivity contribution in [3.63, 3.8) is 0 Å². The van der Waals surface area contributed by atoms with Crippen LogP contribution >= 0.6 is 22.7 Å². The highest BCUT2D eigenvalue weighted by Gasteiger charge is 2.21. The molecule has 3 aromatic rings. The quantitative estimate of drug-likeness (QED) is 0.601. The summed E-state index contributed by atoms with van der Waals surface area (Å²) in [5.74, 6) is -0.0169. The second kappa shape index (κ2) is 8.89. The van der Waals surface area contributed by atoms with Gasteiger partial charge in [-0.3, -0.25) is 9.52 Å². The highest BCUT2D eigenvalue weighted by Crippen LogP contribution is 2.30. The molecule has 1 saturated heterocycles. The van der Waals surface area contributed by atoms with Crippen LogP contribution in [0.2, 0.25) is 0 Å². The molecule has 1 fully saturated rings. The number of morpholine rings is 1. The topological polar surface area (TPSA) is 75.7 Å². The molecule has 0 atom stereocenters. The van der Waals surface area contributed by atoms with E-state index in [2.05, 4.69) is 4.72 Å². The highest BCUT2D eigenvalue weighted by molar-refractivity contribution is 7.92. The minimum absolute atomic E-state index is 0.0169. The van der Waals surface area contributed by atoms with Crippen LogP contribution in [-0.2, 0) is 26.0 Å². The number of nitrogens with one attached hydrogen (secondary N) is 1. The molecule has 0 saturated carbocycles. The van der Waals surface area contributed by atoms with Crippen LogP contribution < -0.4 is 4.72 Å². The van der Waals surface area contributed by atoms with Crippen molar-refractivity contribution in [2.75, 3.05) is 31.0 Å². The van der Waals surface area contributed by atoms with Gasteiger partial charge in [-0.05, 0) is 48.2 Å². The summed E-state index contributed by atoms with van der Waals surface area (Å²) in [4.78, 5) is 17.5. The number of benzene rings is 1. The molecule has 0 bridgehead atoms. The van der Waals surface area contributed by atoms with Gasteiger partial charge in [-0.2, -0.15) is 0 Å². The monoisotopic (exact) mass is 462 g/mol. The van der Waals surface area contributed by atoms with Crippen LogP contribution in [0.5, 0.6) is 0 Å². The van der Waals surface area contributed by atoms with E-state index < -0.39 is 10.0 Å². The van der Waals surface area contributed by atoms with Crippen molar-refractivity contribution in [3.05, 3.63) is 57.6 Å². The van der Waals surface area contributed by atoms with Crippen molar-refractivity contribution >= 4 is 44.3 Å². The first-order valence-corrected chi connectivity index (χ1v) is 12.7. The van der Waals surface area contributed by atoms with Gasteiger partial charge in [-0.25, -0.2) is 8.42 Å². The molecule has 0 aliphatic carbocycles. The zero-order valence-electron chi connectivity index (χ0n) is 16.5. The fourth-order valence-corrected chi connectivity index (χ4v) is 6.07. The van der Waals surface area contributed by atoms with Crippen molar-refractivity contribution in [3.8, 4) is 10.4 Å². The predicted molar refractivity (Wildman–Crippen MR) is 121 cm³/mol. The van der Waals surface area contributed by atoms with E-state index in [1.165, 1.54) is 16.2 Å². The van der Waals surface area contributed by atoms with Gasteiger partial charge in [0.25, 0.3) is 10.0 Å². The average molecular weight is 463 g/mol. The molecule has 1 N–H and O–H groups in total. The fourth-order valence-electron chi connectivity index (χ4n) is 3.22. The van der Waals surface area contributed by atoms with Crippen LogP contribution in [0, 0.1) is 6.92 Å². The van der Waals surface area contributed by atoms with E-state index in [9.17, 15) is 13.2 Å². The smallest absolute Gasteiger partial charge is 0.261 e. The number of aryl methyl sites for hydroxylation is 1. The van der Waals surface area contributed by atoms with Crippen LogP contribution in [-0.4, -0.2) is 45.5 Å². The molecule has 158 valence electrons. The Hall–Kier alpha value is -2.20. The molecular weight excluding hydrogens is 440 g/mol. The molecule has 6 nitrogen and oxygen atoms in total. The Morgan fingerprint density at radius 2 is 1.83 bits per heavy atom. The van der Waals surface area contributed by atoms with Gasteiger partial charge in [-0.15, -0.1) is 22.7 Å². The Labute approximate surface area is 184 Å². The van der Waals surface area contributed by atoms with Gasteiger partial charge >= 0.3 is 0 Å². The summed E-state index contributed by atoms with van der Waals surface area (Å²) >= 11 is 3.05. The zero-order valence-corrected chi connectivity index (χ0v) is 18.9. The summed E-state index contributed by atoms with van der Waals surface area (Å²) in [7, 11) is -3.74. The largest absolute Gasteiger partial charge is 0.378 e. The van der Waals surface area contributed by atoms with E-state index in [0.717, 1.165) is 10.4 Å². The highest BCUT2D eigenvalue weighted by atomic mass is 32.2. The third-order valence-corrected chi connectivity index (χ3v) is 8.21. The normalized spacial score (nSPS) is 14.6. The van der Waals surface area contributed by atoms with Crippen LogP contribution in [0.1, 0.15) is 9.75 Å². The lowest BCUT2D eigenvalue weighted by Crippen LogP contribution is -2.41. The van der Waals surface area contributed by atoms with Crippen molar-refractivity contribution < 1.29 is 17.9 Å². The summed E-state index contributed by atoms with van der Waals surface area (Å²) in [5, 5.41) is 1.79. The summed E-state index contributed by atoms with van der Waals surface area (Å²) in [5.41, 5.74) is 1.44. The van der Waals surface area contributed by atoms with Crippen LogP contribution in [0.4, 0.5) is 5.69 Å². The van der Waals surface area contributed by atoms with Gasteiger partial charge in [-0.1, -0.05) is 12.1 Å². The Morgan fingerprint density at radius 1 is 1.10 bits per heavy atom. The van der Waals surface area contributed by atoms with E-state index in [1.54, 1.807) is 39.8 Å². The number of nitrogens with zero attached hydrogens (tertiary/aromatic N) is 1. The van der Waals surface area contributed by atoms with Gasteiger partial charge in [0.1, 0.15) is 0 Å². The van der Waals surface area contributed by atoms with Crippen molar-refractivity contribution in [2.45, 2.75) is 18.2 Å². The molecule has 2 aromatic heterocycles. The summed E-state index contributed by atoms with van der Waals surface area (Å²) in [6.45, 7) is 4.26. The number of thiophene rings is 2. The summed E-state index contributed by atoms with van der Waals surface area (Å²) < 4.78 is 33.7. The number of anilines is 1. The third kappa shape index (κ3) is 4.75. The Kier molecular flexibility index (Phi) is 6.24. The lowest BCUT2D eigenvalue weighted by Gasteiger charge is -2.26. The molecular formula is C21H22N2O4S3. The lowest BCUT2D eigenvalue weighted by molar-refractivity contribution is -0.134. The summed E-state index contributed by atoms with van der Waals surface area (Å²) in [6, 6.07) is 12.6. The second-order valence-electron chi connectivity index (χ2n) is 6.97. The number of sulfonamides is 1. The van der Waals surface area contributed by atoms with E-state index in [-0.39, 0.29) is 17.2 Å². The maximum absolute atomic E-state index is 12.9. The number of hydrogen-bond donors (Lipinski definition) is 1. The number of rotatable bonds is 6. The first kappa shape index (κ1) is 21.0. The van der Waals surface area contributed by atoms with Crippen LogP contribution in [0.25, 0.3) is 10.4 Å². The minimum Gasteiger partial charge on any atom is -0.378 e. The van der Waals surface area contributed by atoms with E-state index in [0.29, 0.717) is 36.9 Å². The Morgan fingerprint density at radius 3 is 2.50 bits per heavy atom. The molecule has 4 rings (SSSR count). The molecule has 0 unspecified atom stereocenters. The number of hydrogen-bond acceptors (Lipinski definition) is 6. The van der Waals surface area contributed by atoms with Gasteiger partial charge in [0, 0.05) is 27.7 Å². The van der Waals surface area contributed by atoms with Crippen LogP contribution in [0.15, 0.2) is 52.7 Å². The predicted octanol–water partition coefficient (Wildman–Crippen LogP) is 3.99. The van der Waals surface area contributed by atoms with Gasteiger partial charge in [0.2, 0.25) is 5.91 Å². The number of amides is 1. The maximum Gasteiger partial charge on any atom is 0.261 e. The van der Waals surface area contributed by atoms with Gasteiger partial charge < -0.3 is 9.64 Å². The Balaban J connectivity index is 1.47. The molecule has 1 aromatic carbocycles. The molecule has 0 spiro atoms. The average Bonchev–Trinajstić information content (AvgIpc) is 3.37. The van der Waals surface area contributed by atoms with E-state index in [4.69, 9.17) is 4.74 Å². The van der Waals surface area contributed by atoms with E-state index in [1.807, 2.05) is 31.2 Å². The Bertz CT molecular complexity index is 1130. The fraction of sp³-hybridized carbons (Fsp3) is 0.286. The summed E-state index contributed by atoms with van der Waals surface area (Å²) in [6.07, 6.45) is 0.173. The maximum atomic E-state index is 12.9. The lowest BCUT2D eigenvalue weighted by atomic mass is 10.2. The first-order valence-electron chi connectivity index (χ1n) is 9.54. The number of carbonyl (C=O) groups is 1. The minimum atomic E-state index is -3.74.